The summed E-state index contributed by atoms with van der Waals surface area (Å²) in [5.74, 6) is -2.02. The van der Waals surface area contributed by atoms with Gasteiger partial charge in [-0.25, -0.2) is 4.90 Å². The second-order valence-corrected chi connectivity index (χ2v) is 5.75. The predicted octanol–water partition coefficient (Wildman–Crippen LogP) is 0.819. The van der Waals surface area contributed by atoms with Crippen molar-refractivity contribution in [1.29, 1.82) is 0 Å². The Hall–Kier alpha value is -2.43. The number of imide groups is 1. The zero-order valence-corrected chi connectivity index (χ0v) is 11.5. The summed E-state index contributed by atoms with van der Waals surface area (Å²) in [6.07, 6.45) is 3.67. The standard InChI is InChI=1S/C16H14N2O3/c1-17-11-8-7-10(14(17)19)12-13(11)16(21)18(15(12)20)9-5-3-2-4-6-9/h2-8,10-13H,1H3/t10-,11+,12-,13-/m1/s1. The highest BCUT2D eigenvalue weighted by Gasteiger charge is 2.61. The summed E-state index contributed by atoms with van der Waals surface area (Å²) < 4.78 is 0. The molecular formula is C16H14N2O3. The number of carbonyl (C=O) groups excluding carboxylic acids is 3. The van der Waals surface area contributed by atoms with Gasteiger partial charge in [0.05, 0.1) is 29.5 Å². The fourth-order valence-corrected chi connectivity index (χ4v) is 3.74. The lowest BCUT2D eigenvalue weighted by Crippen LogP contribution is -2.57. The van der Waals surface area contributed by atoms with Gasteiger partial charge in [0.2, 0.25) is 17.7 Å². The molecule has 1 aromatic carbocycles. The van der Waals surface area contributed by atoms with Gasteiger partial charge in [-0.3, -0.25) is 14.4 Å². The van der Waals surface area contributed by atoms with Crippen molar-refractivity contribution in [2.75, 3.05) is 11.9 Å². The monoisotopic (exact) mass is 282 g/mol. The van der Waals surface area contributed by atoms with Crippen molar-refractivity contribution < 1.29 is 14.4 Å². The predicted molar refractivity (Wildman–Crippen MR) is 75.1 cm³/mol. The molecule has 0 aromatic heterocycles. The second kappa shape index (κ2) is 4.04. The lowest BCUT2D eigenvalue weighted by Gasteiger charge is -2.44. The molecule has 4 aliphatic rings. The van der Waals surface area contributed by atoms with Gasteiger partial charge >= 0.3 is 0 Å². The Bertz CT molecular complexity index is 682. The molecular weight excluding hydrogens is 268 g/mol. The Morgan fingerprint density at radius 2 is 1.52 bits per heavy atom. The summed E-state index contributed by atoms with van der Waals surface area (Å²) in [6.45, 7) is 0. The molecule has 3 aliphatic heterocycles. The Balaban J connectivity index is 1.80. The molecule has 0 spiro atoms. The minimum Gasteiger partial charge on any atom is -0.338 e. The van der Waals surface area contributed by atoms with Crippen molar-refractivity contribution in [1.82, 2.24) is 4.90 Å². The molecule has 3 heterocycles. The quantitative estimate of drug-likeness (QED) is 0.566. The maximum Gasteiger partial charge on any atom is 0.240 e. The lowest BCUT2D eigenvalue weighted by molar-refractivity contribution is -0.148. The van der Waals surface area contributed by atoms with Gasteiger partial charge < -0.3 is 4.90 Å². The van der Waals surface area contributed by atoms with Crippen molar-refractivity contribution in [3.05, 3.63) is 42.5 Å². The van der Waals surface area contributed by atoms with Crippen molar-refractivity contribution in [2.45, 2.75) is 6.04 Å². The van der Waals surface area contributed by atoms with E-state index in [2.05, 4.69) is 0 Å². The normalized spacial score (nSPS) is 33.9. The van der Waals surface area contributed by atoms with Gasteiger partial charge in [-0.1, -0.05) is 30.4 Å². The van der Waals surface area contributed by atoms with Crippen LogP contribution >= 0.6 is 0 Å². The maximum absolute atomic E-state index is 12.7. The minimum absolute atomic E-state index is 0.0696. The molecule has 4 atom stereocenters. The highest BCUT2D eigenvalue weighted by molar-refractivity contribution is 6.24. The highest BCUT2D eigenvalue weighted by atomic mass is 16.2. The average Bonchev–Trinajstić information content (AvgIpc) is 2.78. The first-order valence-electron chi connectivity index (χ1n) is 6.99. The Kier molecular flexibility index (Phi) is 2.37. The summed E-state index contributed by atoms with van der Waals surface area (Å²) >= 11 is 0. The van der Waals surface area contributed by atoms with Gasteiger partial charge in [0, 0.05) is 7.05 Å². The molecule has 0 saturated carbocycles. The van der Waals surface area contributed by atoms with Crippen LogP contribution in [0.3, 0.4) is 0 Å². The first-order valence-corrected chi connectivity index (χ1v) is 6.99. The molecule has 5 heteroatoms. The summed E-state index contributed by atoms with van der Waals surface area (Å²) in [4.78, 5) is 40.5. The number of hydrogen-bond donors (Lipinski definition) is 0. The number of amides is 3. The maximum atomic E-state index is 12.7. The van der Waals surface area contributed by atoms with Gasteiger partial charge in [-0.15, -0.1) is 0 Å². The van der Waals surface area contributed by atoms with Crippen molar-refractivity contribution in [3.8, 4) is 0 Å². The van der Waals surface area contributed by atoms with Gasteiger partial charge in [0.25, 0.3) is 0 Å². The van der Waals surface area contributed by atoms with E-state index in [-0.39, 0.29) is 23.8 Å². The molecule has 2 bridgehead atoms. The molecule has 0 radical (unpaired) electrons. The number of nitrogens with zero attached hydrogens (tertiary/aromatic N) is 2. The number of benzene rings is 1. The Labute approximate surface area is 121 Å². The van der Waals surface area contributed by atoms with E-state index in [1.165, 1.54) is 4.90 Å². The largest absolute Gasteiger partial charge is 0.338 e. The van der Waals surface area contributed by atoms with E-state index in [1.807, 2.05) is 12.1 Å². The summed E-state index contributed by atoms with van der Waals surface area (Å²) in [7, 11) is 1.70. The molecule has 1 aromatic rings. The third-order valence-electron chi connectivity index (χ3n) is 4.76. The summed E-state index contributed by atoms with van der Waals surface area (Å²) in [6, 6.07) is 8.61. The van der Waals surface area contributed by atoms with E-state index < -0.39 is 17.8 Å². The fraction of sp³-hybridized carbons (Fsp3) is 0.312. The first-order chi connectivity index (χ1) is 10.1. The molecule has 1 aliphatic carbocycles. The van der Waals surface area contributed by atoms with E-state index >= 15 is 0 Å². The van der Waals surface area contributed by atoms with Crippen LogP contribution in [0.4, 0.5) is 5.69 Å². The molecule has 2 fully saturated rings. The molecule has 0 unspecified atom stereocenters. The van der Waals surface area contributed by atoms with Crippen LogP contribution in [0.2, 0.25) is 0 Å². The van der Waals surface area contributed by atoms with Gasteiger partial charge in [0.15, 0.2) is 0 Å². The van der Waals surface area contributed by atoms with E-state index in [9.17, 15) is 14.4 Å². The molecule has 5 rings (SSSR count). The molecule has 21 heavy (non-hydrogen) atoms. The summed E-state index contributed by atoms with van der Waals surface area (Å²) in [5.41, 5.74) is 0.580. The number of anilines is 1. The van der Waals surface area contributed by atoms with Crippen LogP contribution in [-0.2, 0) is 14.4 Å². The SMILES string of the molecule is CN1C(=O)[C@@H]2C=C[C@H]1[C@H]1C(=O)N(c3ccccc3)C(=O)[C@@H]12. The topological polar surface area (TPSA) is 57.7 Å². The molecule has 3 amide bonds. The van der Waals surface area contributed by atoms with E-state index in [1.54, 1.807) is 42.3 Å². The van der Waals surface area contributed by atoms with Crippen LogP contribution in [-0.4, -0.2) is 35.7 Å². The number of rotatable bonds is 1. The zero-order valence-electron chi connectivity index (χ0n) is 11.5. The number of carbonyl (C=O) groups is 3. The third-order valence-corrected chi connectivity index (χ3v) is 4.76. The van der Waals surface area contributed by atoms with Gasteiger partial charge in [-0.2, -0.15) is 0 Å². The zero-order chi connectivity index (χ0) is 14.7. The van der Waals surface area contributed by atoms with E-state index in [0.717, 1.165) is 0 Å². The Morgan fingerprint density at radius 3 is 2.24 bits per heavy atom. The van der Waals surface area contributed by atoms with Crippen LogP contribution in [0.5, 0.6) is 0 Å². The van der Waals surface area contributed by atoms with Crippen LogP contribution in [0.25, 0.3) is 0 Å². The molecule has 5 nitrogen and oxygen atoms in total. The van der Waals surface area contributed by atoms with E-state index in [0.29, 0.717) is 5.69 Å². The highest BCUT2D eigenvalue weighted by Crippen LogP contribution is 2.46. The number of piperidine rings is 1. The number of hydrogen-bond acceptors (Lipinski definition) is 3. The van der Waals surface area contributed by atoms with Crippen molar-refractivity contribution in [3.63, 3.8) is 0 Å². The first kappa shape index (κ1) is 12.3. The average molecular weight is 282 g/mol. The second-order valence-electron chi connectivity index (χ2n) is 5.75. The van der Waals surface area contributed by atoms with Crippen LogP contribution in [0.15, 0.2) is 42.5 Å². The third kappa shape index (κ3) is 1.43. The molecule has 0 N–H and O–H groups in total. The fourth-order valence-electron chi connectivity index (χ4n) is 3.74. The Morgan fingerprint density at radius 1 is 0.857 bits per heavy atom. The van der Waals surface area contributed by atoms with Crippen LogP contribution in [0.1, 0.15) is 0 Å². The van der Waals surface area contributed by atoms with Gasteiger partial charge in [0.1, 0.15) is 0 Å². The van der Waals surface area contributed by atoms with Crippen LogP contribution in [0, 0.1) is 17.8 Å². The lowest BCUT2D eigenvalue weighted by atomic mass is 9.70. The summed E-state index contributed by atoms with van der Waals surface area (Å²) in [5, 5.41) is 0. The van der Waals surface area contributed by atoms with Crippen molar-refractivity contribution in [2.24, 2.45) is 17.8 Å². The smallest absolute Gasteiger partial charge is 0.240 e. The van der Waals surface area contributed by atoms with Crippen LogP contribution < -0.4 is 4.90 Å². The van der Waals surface area contributed by atoms with Crippen molar-refractivity contribution >= 4 is 23.4 Å². The molecule has 2 saturated heterocycles. The van der Waals surface area contributed by atoms with E-state index in [4.69, 9.17) is 0 Å². The number of fused-ring (bicyclic) bond motifs is 1. The number of likely N-dealkylation sites (N-methyl/N-ethyl adjacent to an activating group) is 1. The number of para-hydroxylation sites is 1. The minimum atomic E-state index is -0.545. The van der Waals surface area contributed by atoms with Gasteiger partial charge in [-0.05, 0) is 12.1 Å². The molecule has 106 valence electrons.